The van der Waals surface area contributed by atoms with Gasteiger partial charge in [-0.05, 0) is 63.6 Å². The number of urea groups is 1. The van der Waals surface area contributed by atoms with Gasteiger partial charge in [-0.15, -0.1) is 0 Å². The quantitative estimate of drug-likeness (QED) is 0.235. The Morgan fingerprint density at radius 3 is 2.41 bits per heavy atom. The van der Waals surface area contributed by atoms with E-state index in [1.54, 1.807) is 24.6 Å². The van der Waals surface area contributed by atoms with E-state index in [0.717, 1.165) is 28.2 Å². The van der Waals surface area contributed by atoms with Crippen LogP contribution in [0.3, 0.4) is 0 Å². The summed E-state index contributed by atoms with van der Waals surface area (Å²) in [6, 6.07) is 14.9. The number of carbonyl (C=O) groups is 2. The summed E-state index contributed by atoms with van der Waals surface area (Å²) in [5, 5.41) is 16.6. The lowest BCUT2D eigenvalue weighted by atomic mass is 9.92. The molecule has 41 heavy (non-hydrogen) atoms. The summed E-state index contributed by atoms with van der Waals surface area (Å²) in [5.41, 5.74) is 3.81. The Kier molecular flexibility index (Phi) is 6.90. The van der Waals surface area contributed by atoms with E-state index < -0.39 is 11.6 Å². The first-order valence-corrected chi connectivity index (χ1v) is 13.3. The van der Waals surface area contributed by atoms with Crippen LogP contribution in [0.4, 0.5) is 33.6 Å². The highest BCUT2D eigenvalue weighted by Crippen LogP contribution is 2.38. The number of anilines is 5. The summed E-state index contributed by atoms with van der Waals surface area (Å²) >= 11 is 0. The standard InChI is InChI=1S/C30H34N8O3/c1-17-8-11-20(12-9-17)38-23(15-22(37-38)29(3,4)5)35-28(40)33-19-10-13-21(18(2)14-19)34-25-24-26(32-16-31-25)36-27(39)30(6,7)41-24/h8-16H,1-7H3,(H2,33,35,40)(H2,31,32,34,36,39). The number of ether oxygens (including phenoxy) is 1. The van der Waals surface area contributed by atoms with Gasteiger partial charge < -0.3 is 20.7 Å². The molecule has 4 N–H and O–H groups in total. The molecule has 11 nitrogen and oxygen atoms in total. The number of rotatable bonds is 5. The smallest absolute Gasteiger partial charge is 0.324 e. The van der Waals surface area contributed by atoms with Crippen LogP contribution in [0.25, 0.3) is 5.69 Å². The fourth-order valence-corrected chi connectivity index (χ4v) is 4.22. The molecule has 3 amide bonds. The number of hydrogen-bond acceptors (Lipinski definition) is 7. The van der Waals surface area contributed by atoms with Gasteiger partial charge in [-0.1, -0.05) is 38.5 Å². The van der Waals surface area contributed by atoms with Crippen molar-refractivity contribution in [3.05, 3.63) is 71.7 Å². The summed E-state index contributed by atoms with van der Waals surface area (Å²) in [6.07, 6.45) is 1.35. The second-order valence-electron chi connectivity index (χ2n) is 11.6. The second kappa shape index (κ2) is 10.2. The zero-order valence-electron chi connectivity index (χ0n) is 24.2. The monoisotopic (exact) mass is 554 g/mol. The van der Waals surface area contributed by atoms with Crippen molar-refractivity contribution >= 4 is 40.8 Å². The fourth-order valence-electron chi connectivity index (χ4n) is 4.22. The van der Waals surface area contributed by atoms with Crippen molar-refractivity contribution in [2.45, 2.75) is 59.5 Å². The average molecular weight is 555 g/mol. The molecule has 0 bridgehead atoms. The van der Waals surface area contributed by atoms with Gasteiger partial charge in [-0.2, -0.15) is 5.10 Å². The molecule has 3 heterocycles. The molecule has 0 fully saturated rings. The largest absolute Gasteiger partial charge is 0.470 e. The van der Waals surface area contributed by atoms with Crippen molar-refractivity contribution in [3.8, 4) is 11.4 Å². The van der Waals surface area contributed by atoms with E-state index in [-0.39, 0.29) is 11.3 Å². The number of benzene rings is 2. The molecule has 0 saturated heterocycles. The molecule has 0 radical (unpaired) electrons. The van der Waals surface area contributed by atoms with Gasteiger partial charge in [0, 0.05) is 22.9 Å². The Morgan fingerprint density at radius 2 is 1.73 bits per heavy atom. The lowest BCUT2D eigenvalue weighted by Gasteiger charge is -2.31. The van der Waals surface area contributed by atoms with Crippen LogP contribution in [0.1, 0.15) is 51.4 Å². The van der Waals surface area contributed by atoms with Crippen molar-refractivity contribution in [2.24, 2.45) is 0 Å². The van der Waals surface area contributed by atoms with E-state index in [1.807, 2.05) is 56.3 Å². The average Bonchev–Trinajstić information content (AvgIpc) is 3.31. The Balaban J connectivity index is 1.33. The van der Waals surface area contributed by atoms with Gasteiger partial charge in [-0.3, -0.25) is 10.1 Å². The van der Waals surface area contributed by atoms with Crippen molar-refractivity contribution in [3.63, 3.8) is 0 Å². The van der Waals surface area contributed by atoms with Crippen molar-refractivity contribution in [1.29, 1.82) is 0 Å². The Hall–Kier alpha value is -4.93. The molecule has 2 aromatic heterocycles. The van der Waals surface area contributed by atoms with Crippen LogP contribution in [-0.4, -0.2) is 37.3 Å². The van der Waals surface area contributed by atoms with Gasteiger partial charge in [0.2, 0.25) is 5.75 Å². The summed E-state index contributed by atoms with van der Waals surface area (Å²) in [7, 11) is 0. The number of carbonyl (C=O) groups excluding carboxylic acids is 2. The van der Waals surface area contributed by atoms with E-state index in [4.69, 9.17) is 9.84 Å². The number of nitrogens with one attached hydrogen (secondary N) is 4. The van der Waals surface area contributed by atoms with E-state index in [1.165, 1.54) is 6.33 Å². The van der Waals surface area contributed by atoms with E-state index in [2.05, 4.69) is 52.0 Å². The highest BCUT2D eigenvalue weighted by molar-refractivity contribution is 6.01. The third-order valence-corrected chi connectivity index (χ3v) is 6.68. The minimum atomic E-state index is -1.06. The Labute approximate surface area is 238 Å². The SMILES string of the molecule is Cc1ccc(-n2nc(C(C)(C)C)cc2NC(=O)Nc2ccc(Nc3ncnc4c3OC(C)(C)C(=O)N4)c(C)c2)cc1. The van der Waals surface area contributed by atoms with Gasteiger partial charge in [-0.25, -0.2) is 19.4 Å². The van der Waals surface area contributed by atoms with Gasteiger partial charge in [0.15, 0.2) is 17.2 Å². The third kappa shape index (κ3) is 5.84. The lowest BCUT2D eigenvalue weighted by molar-refractivity contribution is -0.129. The van der Waals surface area contributed by atoms with Crippen LogP contribution in [-0.2, 0) is 10.2 Å². The lowest BCUT2D eigenvalue weighted by Crippen LogP contribution is -2.46. The molecular weight excluding hydrogens is 520 g/mol. The van der Waals surface area contributed by atoms with E-state index in [0.29, 0.717) is 28.9 Å². The van der Waals surface area contributed by atoms with Crippen LogP contribution >= 0.6 is 0 Å². The molecular formula is C30H34N8O3. The fraction of sp³-hybridized carbons (Fsp3) is 0.300. The number of aromatic nitrogens is 4. The van der Waals surface area contributed by atoms with Crippen LogP contribution in [0.15, 0.2) is 54.9 Å². The first-order chi connectivity index (χ1) is 19.3. The van der Waals surface area contributed by atoms with Crippen LogP contribution < -0.4 is 26.0 Å². The number of amides is 3. The minimum Gasteiger partial charge on any atom is -0.470 e. The highest BCUT2D eigenvalue weighted by atomic mass is 16.5. The minimum absolute atomic E-state index is 0.196. The zero-order chi connectivity index (χ0) is 29.5. The van der Waals surface area contributed by atoms with Crippen LogP contribution in [0, 0.1) is 13.8 Å². The molecule has 0 saturated carbocycles. The second-order valence-corrected chi connectivity index (χ2v) is 11.6. The van der Waals surface area contributed by atoms with Crippen molar-refractivity contribution < 1.29 is 14.3 Å². The van der Waals surface area contributed by atoms with Gasteiger partial charge in [0.05, 0.1) is 11.4 Å². The zero-order valence-corrected chi connectivity index (χ0v) is 24.2. The summed E-state index contributed by atoms with van der Waals surface area (Å²) in [5.74, 6) is 1.37. The Bertz CT molecular complexity index is 1630. The van der Waals surface area contributed by atoms with E-state index >= 15 is 0 Å². The Morgan fingerprint density at radius 1 is 1.00 bits per heavy atom. The van der Waals surface area contributed by atoms with Crippen molar-refractivity contribution in [2.75, 3.05) is 21.3 Å². The van der Waals surface area contributed by atoms with Crippen LogP contribution in [0.5, 0.6) is 5.75 Å². The maximum atomic E-state index is 13.1. The number of nitrogens with zero attached hydrogens (tertiary/aromatic N) is 4. The number of aryl methyl sites for hydroxylation is 2. The summed E-state index contributed by atoms with van der Waals surface area (Å²) in [6.45, 7) is 13.5. The molecule has 11 heteroatoms. The highest BCUT2D eigenvalue weighted by Gasteiger charge is 2.37. The van der Waals surface area contributed by atoms with E-state index in [9.17, 15) is 9.59 Å². The number of hydrogen-bond donors (Lipinski definition) is 4. The van der Waals surface area contributed by atoms with Gasteiger partial charge in [0.1, 0.15) is 12.1 Å². The molecule has 1 aliphatic rings. The molecule has 0 aliphatic carbocycles. The van der Waals surface area contributed by atoms with Crippen molar-refractivity contribution in [1.82, 2.24) is 19.7 Å². The third-order valence-electron chi connectivity index (χ3n) is 6.68. The molecule has 5 rings (SSSR count). The normalized spacial score (nSPS) is 14.0. The van der Waals surface area contributed by atoms with Gasteiger partial charge >= 0.3 is 6.03 Å². The molecule has 0 unspecified atom stereocenters. The molecule has 212 valence electrons. The number of fused-ring (bicyclic) bond motifs is 1. The molecule has 0 atom stereocenters. The maximum Gasteiger partial charge on any atom is 0.324 e. The molecule has 4 aromatic rings. The summed E-state index contributed by atoms with van der Waals surface area (Å²) in [4.78, 5) is 33.7. The predicted octanol–water partition coefficient (Wildman–Crippen LogP) is 6.07. The van der Waals surface area contributed by atoms with Gasteiger partial charge in [0.25, 0.3) is 5.91 Å². The molecule has 1 aliphatic heterocycles. The first kappa shape index (κ1) is 27.6. The predicted molar refractivity (Wildman–Crippen MR) is 159 cm³/mol. The maximum absolute atomic E-state index is 13.1. The molecule has 0 spiro atoms. The summed E-state index contributed by atoms with van der Waals surface area (Å²) < 4.78 is 7.65. The topological polar surface area (TPSA) is 135 Å². The molecule has 2 aromatic carbocycles. The first-order valence-electron chi connectivity index (χ1n) is 13.3. The van der Waals surface area contributed by atoms with Crippen LogP contribution in [0.2, 0.25) is 0 Å².